The third-order valence-electron chi connectivity index (χ3n) is 5.10. The second-order valence-electron chi connectivity index (χ2n) is 7.01. The van der Waals surface area contributed by atoms with Crippen LogP contribution in [0, 0.1) is 0 Å². The highest BCUT2D eigenvalue weighted by Gasteiger charge is 2.30. The van der Waals surface area contributed by atoms with Crippen LogP contribution in [-0.4, -0.2) is 38.0 Å². The molecule has 4 rings (SSSR count). The Balaban J connectivity index is 1.49. The number of hydrogen-bond donors (Lipinski definition) is 1. The molecule has 0 radical (unpaired) electrons. The zero-order valence-corrected chi connectivity index (χ0v) is 16.4. The highest BCUT2D eigenvalue weighted by atomic mass is 32.2. The first-order valence-electron chi connectivity index (χ1n) is 9.28. The summed E-state index contributed by atoms with van der Waals surface area (Å²) in [5, 5.41) is 2.78. The quantitative estimate of drug-likeness (QED) is 0.849. The van der Waals surface area contributed by atoms with Gasteiger partial charge < -0.3 is 14.8 Å². The molecule has 2 aliphatic heterocycles. The second kappa shape index (κ2) is 7.44. The minimum atomic E-state index is -3.55. The van der Waals surface area contributed by atoms with Crippen molar-refractivity contribution in [2.75, 3.05) is 18.7 Å². The van der Waals surface area contributed by atoms with Gasteiger partial charge in [0.25, 0.3) is 5.91 Å². The lowest BCUT2D eigenvalue weighted by Gasteiger charge is -2.32. The Kier molecular flexibility index (Phi) is 4.99. The highest BCUT2D eigenvalue weighted by Crippen LogP contribution is 2.34. The lowest BCUT2D eigenvalue weighted by atomic mass is 10.1. The Labute approximate surface area is 164 Å². The van der Waals surface area contributed by atoms with Crippen LogP contribution in [0.1, 0.15) is 36.5 Å². The van der Waals surface area contributed by atoms with E-state index < -0.39 is 10.0 Å². The number of nitrogens with zero attached hydrogens (tertiary/aromatic N) is 1. The van der Waals surface area contributed by atoms with E-state index in [-0.39, 0.29) is 23.6 Å². The minimum Gasteiger partial charge on any atom is -0.454 e. The smallest absolute Gasteiger partial charge is 0.255 e. The van der Waals surface area contributed by atoms with E-state index in [9.17, 15) is 13.2 Å². The van der Waals surface area contributed by atoms with Crippen LogP contribution >= 0.6 is 0 Å². The van der Waals surface area contributed by atoms with Crippen LogP contribution in [0.5, 0.6) is 11.5 Å². The third kappa shape index (κ3) is 3.57. The number of fused-ring (bicyclic) bond motifs is 1. The lowest BCUT2D eigenvalue weighted by Crippen LogP contribution is -2.41. The number of amides is 1. The van der Waals surface area contributed by atoms with Crippen molar-refractivity contribution in [3.05, 3.63) is 48.0 Å². The van der Waals surface area contributed by atoms with Crippen molar-refractivity contribution in [3.8, 4) is 11.5 Å². The SMILES string of the molecule is C[C@H]1CCCCN1S(=O)(=O)c1ccc(C(=O)Nc2ccc3c(c2)OCO3)cc1. The largest absolute Gasteiger partial charge is 0.454 e. The summed E-state index contributed by atoms with van der Waals surface area (Å²) in [6.07, 6.45) is 2.79. The predicted octanol–water partition coefficient (Wildman–Crippen LogP) is 3.23. The number of rotatable bonds is 4. The predicted molar refractivity (Wildman–Crippen MR) is 104 cm³/mol. The Morgan fingerprint density at radius 3 is 2.57 bits per heavy atom. The van der Waals surface area contributed by atoms with Crippen LogP contribution in [-0.2, 0) is 10.0 Å². The number of nitrogens with one attached hydrogen (secondary N) is 1. The van der Waals surface area contributed by atoms with E-state index in [0.717, 1.165) is 19.3 Å². The molecule has 2 heterocycles. The van der Waals surface area contributed by atoms with E-state index in [1.165, 1.54) is 24.3 Å². The molecule has 0 saturated carbocycles. The lowest BCUT2D eigenvalue weighted by molar-refractivity contribution is 0.102. The first-order valence-corrected chi connectivity index (χ1v) is 10.7. The number of sulfonamides is 1. The molecule has 1 atom stereocenters. The summed E-state index contributed by atoms with van der Waals surface area (Å²) in [6.45, 7) is 2.64. The minimum absolute atomic E-state index is 0.00673. The molecule has 2 aliphatic rings. The second-order valence-corrected chi connectivity index (χ2v) is 8.90. The first kappa shape index (κ1) is 18.8. The molecule has 1 fully saturated rings. The molecule has 0 aliphatic carbocycles. The molecule has 0 bridgehead atoms. The van der Waals surface area contributed by atoms with Crippen LogP contribution in [0.2, 0.25) is 0 Å². The molecule has 0 unspecified atom stereocenters. The van der Waals surface area contributed by atoms with Gasteiger partial charge in [0.1, 0.15) is 0 Å². The Bertz CT molecular complexity index is 988. The summed E-state index contributed by atoms with van der Waals surface area (Å²) in [4.78, 5) is 12.7. The monoisotopic (exact) mass is 402 g/mol. The van der Waals surface area contributed by atoms with Crippen molar-refractivity contribution in [2.45, 2.75) is 37.1 Å². The van der Waals surface area contributed by atoms with Crippen LogP contribution in [0.25, 0.3) is 0 Å². The van der Waals surface area contributed by atoms with E-state index in [4.69, 9.17) is 9.47 Å². The number of piperidine rings is 1. The van der Waals surface area contributed by atoms with Crippen molar-refractivity contribution in [1.82, 2.24) is 4.31 Å². The molecule has 2 aromatic rings. The molecule has 148 valence electrons. The number of hydrogen-bond acceptors (Lipinski definition) is 5. The van der Waals surface area contributed by atoms with Crippen LogP contribution in [0.3, 0.4) is 0 Å². The molecule has 1 amide bonds. The van der Waals surface area contributed by atoms with Gasteiger partial charge in [0.2, 0.25) is 16.8 Å². The van der Waals surface area contributed by atoms with E-state index >= 15 is 0 Å². The summed E-state index contributed by atoms with van der Waals surface area (Å²) >= 11 is 0. The molecule has 7 nitrogen and oxygen atoms in total. The molecule has 1 N–H and O–H groups in total. The van der Waals surface area contributed by atoms with Crippen molar-refractivity contribution < 1.29 is 22.7 Å². The average Bonchev–Trinajstić information content (AvgIpc) is 3.16. The topological polar surface area (TPSA) is 84.9 Å². The van der Waals surface area contributed by atoms with Gasteiger partial charge in [-0.05, 0) is 56.2 Å². The number of carbonyl (C=O) groups is 1. The maximum absolute atomic E-state index is 12.9. The van der Waals surface area contributed by atoms with Gasteiger partial charge in [0.15, 0.2) is 11.5 Å². The number of carbonyl (C=O) groups excluding carboxylic acids is 1. The van der Waals surface area contributed by atoms with Gasteiger partial charge in [-0.15, -0.1) is 0 Å². The number of ether oxygens (including phenoxy) is 2. The molecule has 1 saturated heterocycles. The van der Waals surface area contributed by atoms with E-state index in [1.54, 1.807) is 22.5 Å². The summed E-state index contributed by atoms with van der Waals surface area (Å²) in [5.41, 5.74) is 0.955. The maximum atomic E-state index is 12.9. The van der Waals surface area contributed by atoms with Crippen LogP contribution in [0.4, 0.5) is 5.69 Å². The van der Waals surface area contributed by atoms with Crippen molar-refractivity contribution >= 4 is 21.6 Å². The molecule has 28 heavy (non-hydrogen) atoms. The molecule has 8 heteroatoms. The molecular weight excluding hydrogens is 380 g/mol. The Morgan fingerprint density at radius 1 is 1.07 bits per heavy atom. The molecule has 2 aromatic carbocycles. The van der Waals surface area contributed by atoms with Gasteiger partial charge in [-0.2, -0.15) is 4.31 Å². The Hall–Kier alpha value is -2.58. The highest BCUT2D eigenvalue weighted by molar-refractivity contribution is 7.89. The molecular formula is C20H22N2O5S. The van der Waals surface area contributed by atoms with Gasteiger partial charge in [0.05, 0.1) is 4.90 Å². The van der Waals surface area contributed by atoms with Gasteiger partial charge in [0, 0.05) is 29.9 Å². The zero-order chi connectivity index (χ0) is 19.7. The van der Waals surface area contributed by atoms with E-state index in [0.29, 0.717) is 29.3 Å². The normalized spacial score (nSPS) is 19.4. The summed E-state index contributed by atoms with van der Waals surface area (Å²) in [7, 11) is -3.55. The van der Waals surface area contributed by atoms with Gasteiger partial charge in [-0.1, -0.05) is 6.42 Å². The van der Waals surface area contributed by atoms with Gasteiger partial charge >= 0.3 is 0 Å². The maximum Gasteiger partial charge on any atom is 0.255 e. The summed E-state index contributed by atoms with van der Waals surface area (Å²) in [6, 6.07) is 11.2. The fourth-order valence-corrected chi connectivity index (χ4v) is 5.22. The van der Waals surface area contributed by atoms with Crippen molar-refractivity contribution in [1.29, 1.82) is 0 Å². The fraction of sp³-hybridized carbons (Fsp3) is 0.350. The van der Waals surface area contributed by atoms with Crippen molar-refractivity contribution in [2.24, 2.45) is 0 Å². The standard InChI is InChI=1S/C20H22N2O5S/c1-14-4-2-3-11-22(14)28(24,25)17-8-5-15(6-9-17)20(23)21-16-7-10-18-19(12-16)27-13-26-18/h5-10,12,14H,2-4,11,13H2,1H3,(H,21,23)/t14-/m0/s1. The zero-order valence-electron chi connectivity index (χ0n) is 15.6. The number of benzene rings is 2. The van der Waals surface area contributed by atoms with Crippen LogP contribution in [0.15, 0.2) is 47.4 Å². The third-order valence-corrected chi connectivity index (χ3v) is 7.12. The van der Waals surface area contributed by atoms with Crippen molar-refractivity contribution in [3.63, 3.8) is 0 Å². The molecule has 0 aromatic heterocycles. The molecule has 0 spiro atoms. The first-order chi connectivity index (χ1) is 13.4. The van der Waals surface area contributed by atoms with Crippen LogP contribution < -0.4 is 14.8 Å². The fourth-order valence-electron chi connectivity index (χ4n) is 3.52. The summed E-state index contributed by atoms with van der Waals surface area (Å²) in [5.74, 6) is 0.892. The van der Waals surface area contributed by atoms with E-state index in [1.807, 2.05) is 6.92 Å². The Morgan fingerprint density at radius 2 is 1.82 bits per heavy atom. The number of anilines is 1. The van der Waals surface area contributed by atoms with Gasteiger partial charge in [-0.25, -0.2) is 8.42 Å². The van der Waals surface area contributed by atoms with Gasteiger partial charge in [-0.3, -0.25) is 4.79 Å². The average molecular weight is 402 g/mol. The van der Waals surface area contributed by atoms with E-state index in [2.05, 4.69) is 5.32 Å². The summed E-state index contributed by atoms with van der Waals surface area (Å²) < 4.78 is 37.9.